The third kappa shape index (κ3) is 7.14. The Balaban J connectivity index is 0.000000687. The number of aromatic hydroxyl groups is 1. The maximum Gasteiger partial charge on any atom is 0.300 e. The van der Waals surface area contributed by atoms with Crippen LogP contribution in [-0.4, -0.2) is 38.6 Å². The summed E-state index contributed by atoms with van der Waals surface area (Å²) in [7, 11) is 0. The van der Waals surface area contributed by atoms with Crippen molar-refractivity contribution in [3.63, 3.8) is 0 Å². The molecule has 0 radical (unpaired) electrons. The Labute approximate surface area is 172 Å². The number of nitrogens with zero attached hydrogens (tertiary/aromatic N) is 1. The Morgan fingerprint density at radius 1 is 1.14 bits per heavy atom. The maximum atomic E-state index is 13.2. The van der Waals surface area contributed by atoms with E-state index in [1.165, 1.54) is 5.56 Å². The topological polar surface area (TPSA) is 89.9 Å². The van der Waals surface area contributed by atoms with Gasteiger partial charge in [-0.3, -0.25) is 9.59 Å². The van der Waals surface area contributed by atoms with E-state index in [0.717, 1.165) is 31.0 Å². The van der Waals surface area contributed by atoms with Gasteiger partial charge in [0, 0.05) is 25.2 Å². The summed E-state index contributed by atoms with van der Waals surface area (Å²) >= 11 is 0. The molecule has 0 heterocycles. The van der Waals surface area contributed by atoms with Crippen molar-refractivity contribution in [2.24, 2.45) is 0 Å². The van der Waals surface area contributed by atoms with Gasteiger partial charge in [-0.15, -0.1) is 0 Å². The van der Waals surface area contributed by atoms with E-state index >= 15 is 0 Å². The molecule has 0 unspecified atom stereocenters. The first kappa shape index (κ1) is 22.3. The highest BCUT2D eigenvalue weighted by Crippen LogP contribution is 2.31. The Hall–Kier alpha value is -3.02. The van der Waals surface area contributed by atoms with Gasteiger partial charge in [0.05, 0.1) is 0 Å². The molecular formula is C23H30N2O4. The van der Waals surface area contributed by atoms with E-state index < -0.39 is 11.5 Å². The molecule has 3 N–H and O–H groups in total. The third-order valence-electron chi connectivity index (χ3n) is 4.56. The zero-order valence-electron chi connectivity index (χ0n) is 17.5. The number of anilines is 1. The molecule has 1 aliphatic carbocycles. The lowest BCUT2D eigenvalue weighted by Gasteiger charge is -2.33. The van der Waals surface area contributed by atoms with Gasteiger partial charge in [-0.25, -0.2) is 0 Å². The second kappa shape index (κ2) is 9.45. The van der Waals surface area contributed by atoms with E-state index in [4.69, 9.17) is 9.90 Å². The summed E-state index contributed by atoms with van der Waals surface area (Å²) in [5.41, 5.74) is 2.39. The number of carboxylic acid groups (broad SMARTS) is 1. The Bertz CT molecular complexity index is 838. The van der Waals surface area contributed by atoms with E-state index in [1.807, 2.05) is 62.1 Å². The lowest BCUT2D eigenvalue weighted by atomic mass is 10.0. The van der Waals surface area contributed by atoms with E-state index in [2.05, 4.69) is 5.32 Å². The molecule has 1 aliphatic rings. The molecule has 0 atom stereocenters. The minimum Gasteiger partial charge on any atom is -0.508 e. The standard InChI is InChI=1S/C21H26N2O2.C2H4O2/c1-15-7-9-17(10-8-15)22-21(2,3)20(25)23(18-11-12-18)14-16-5-4-6-19(24)13-16;1-2(3)4/h4-10,13,18,22,24H,11-12,14H2,1-3H3;1H3,(H,3,4). The van der Waals surface area contributed by atoms with Crippen molar-refractivity contribution in [3.05, 3.63) is 59.7 Å². The summed E-state index contributed by atoms with van der Waals surface area (Å²) in [4.78, 5) is 24.1. The Morgan fingerprint density at radius 3 is 2.24 bits per heavy atom. The number of phenolic OH excluding ortho intramolecular Hbond substituents is 1. The lowest BCUT2D eigenvalue weighted by molar-refractivity contribution is -0.136. The van der Waals surface area contributed by atoms with Crippen LogP contribution in [0.5, 0.6) is 5.75 Å². The van der Waals surface area contributed by atoms with E-state index in [0.29, 0.717) is 12.6 Å². The molecule has 0 aliphatic heterocycles. The van der Waals surface area contributed by atoms with Crippen LogP contribution in [0, 0.1) is 6.92 Å². The normalized spacial score (nSPS) is 13.1. The van der Waals surface area contributed by atoms with Crippen molar-refractivity contribution in [2.75, 3.05) is 5.32 Å². The quantitative estimate of drug-likeness (QED) is 0.679. The zero-order valence-corrected chi connectivity index (χ0v) is 17.5. The largest absolute Gasteiger partial charge is 0.508 e. The second-order valence-corrected chi connectivity index (χ2v) is 7.97. The summed E-state index contributed by atoms with van der Waals surface area (Å²) in [6.45, 7) is 7.50. The SMILES string of the molecule is CC(=O)O.Cc1ccc(NC(C)(C)C(=O)N(Cc2cccc(O)c2)C2CC2)cc1. The second-order valence-electron chi connectivity index (χ2n) is 7.97. The predicted molar refractivity (Wildman–Crippen MR) is 114 cm³/mol. The van der Waals surface area contributed by atoms with Crippen molar-refractivity contribution < 1.29 is 19.8 Å². The Kier molecular flexibility index (Phi) is 7.26. The van der Waals surface area contributed by atoms with Gasteiger partial charge in [-0.1, -0.05) is 29.8 Å². The number of hydrogen-bond acceptors (Lipinski definition) is 4. The van der Waals surface area contributed by atoms with Crippen LogP contribution in [0.1, 0.15) is 44.7 Å². The van der Waals surface area contributed by atoms with Crippen molar-refractivity contribution in [2.45, 2.75) is 58.7 Å². The Morgan fingerprint density at radius 2 is 1.72 bits per heavy atom. The smallest absolute Gasteiger partial charge is 0.300 e. The molecule has 156 valence electrons. The molecule has 0 bridgehead atoms. The van der Waals surface area contributed by atoms with Crippen LogP contribution < -0.4 is 5.32 Å². The monoisotopic (exact) mass is 398 g/mol. The van der Waals surface area contributed by atoms with Crippen LogP contribution in [-0.2, 0) is 16.1 Å². The number of nitrogens with one attached hydrogen (secondary N) is 1. The van der Waals surface area contributed by atoms with Crippen LogP contribution in [0.15, 0.2) is 48.5 Å². The van der Waals surface area contributed by atoms with E-state index in [1.54, 1.807) is 12.1 Å². The average Bonchev–Trinajstić information content (AvgIpc) is 3.45. The maximum absolute atomic E-state index is 13.2. The molecule has 1 amide bonds. The number of hydrogen-bond donors (Lipinski definition) is 3. The summed E-state index contributed by atoms with van der Waals surface area (Å²) in [6, 6.07) is 15.5. The molecule has 2 aromatic rings. The number of aryl methyl sites for hydroxylation is 1. The number of phenols is 1. The lowest BCUT2D eigenvalue weighted by Crippen LogP contribution is -2.50. The van der Waals surface area contributed by atoms with Gasteiger partial charge < -0.3 is 20.4 Å². The summed E-state index contributed by atoms with van der Waals surface area (Å²) in [5, 5.41) is 20.5. The number of rotatable bonds is 6. The highest BCUT2D eigenvalue weighted by atomic mass is 16.4. The van der Waals surface area contributed by atoms with E-state index in [-0.39, 0.29) is 11.7 Å². The number of benzene rings is 2. The van der Waals surface area contributed by atoms with Gasteiger partial charge in [0.1, 0.15) is 11.3 Å². The van der Waals surface area contributed by atoms with Crippen molar-refractivity contribution in [1.29, 1.82) is 0 Å². The van der Waals surface area contributed by atoms with Crippen LogP contribution >= 0.6 is 0 Å². The van der Waals surface area contributed by atoms with Crippen molar-refractivity contribution in [3.8, 4) is 5.75 Å². The molecule has 6 heteroatoms. The molecule has 29 heavy (non-hydrogen) atoms. The van der Waals surface area contributed by atoms with Gasteiger partial charge in [0.2, 0.25) is 5.91 Å². The molecule has 2 aromatic carbocycles. The van der Waals surface area contributed by atoms with Gasteiger partial charge in [-0.2, -0.15) is 0 Å². The molecule has 6 nitrogen and oxygen atoms in total. The van der Waals surface area contributed by atoms with Gasteiger partial charge >= 0.3 is 0 Å². The zero-order chi connectivity index (χ0) is 21.6. The summed E-state index contributed by atoms with van der Waals surface area (Å²) < 4.78 is 0. The molecule has 0 spiro atoms. The van der Waals surface area contributed by atoms with Gasteiger partial charge in [0.25, 0.3) is 5.97 Å². The number of carbonyl (C=O) groups is 2. The van der Waals surface area contributed by atoms with Crippen LogP contribution in [0.25, 0.3) is 0 Å². The third-order valence-corrected chi connectivity index (χ3v) is 4.56. The molecule has 3 rings (SSSR count). The molecule has 1 fully saturated rings. The van der Waals surface area contributed by atoms with Gasteiger partial charge in [-0.05, 0) is 63.4 Å². The number of aliphatic carboxylic acids is 1. The van der Waals surface area contributed by atoms with Gasteiger partial charge in [0.15, 0.2) is 0 Å². The number of carbonyl (C=O) groups excluding carboxylic acids is 1. The minimum absolute atomic E-state index is 0.0823. The van der Waals surface area contributed by atoms with Crippen molar-refractivity contribution >= 4 is 17.6 Å². The molecule has 1 saturated carbocycles. The first-order valence-electron chi connectivity index (χ1n) is 9.72. The fraction of sp³-hybridized carbons (Fsp3) is 0.391. The summed E-state index contributed by atoms with van der Waals surface area (Å²) in [6.07, 6.45) is 2.09. The first-order valence-corrected chi connectivity index (χ1v) is 9.72. The average molecular weight is 399 g/mol. The fourth-order valence-electron chi connectivity index (χ4n) is 3.01. The van der Waals surface area contributed by atoms with Crippen LogP contribution in [0.3, 0.4) is 0 Å². The molecule has 0 aromatic heterocycles. The van der Waals surface area contributed by atoms with E-state index in [9.17, 15) is 9.90 Å². The molecule has 0 saturated heterocycles. The first-order chi connectivity index (χ1) is 13.6. The highest BCUT2D eigenvalue weighted by Gasteiger charge is 2.39. The van der Waals surface area contributed by atoms with Crippen LogP contribution in [0.2, 0.25) is 0 Å². The minimum atomic E-state index is -0.833. The van der Waals surface area contributed by atoms with Crippen molar-refractivity contribution in [1.82, 2.24) is 4.90 Å². The highest BCUT2D eigenvalue weighted by molar-refractivity contribution is 5.89. The number of carboxylic acids is 1. The predicted octanol–water partition coefficient (Wildman–Crippen LogP) is 4.17. The number of amides is 1. The van der Waals surface area contributed by atoms with Crippen LogP contribution in [0.4, 0.5) is 5.69 Å². The summed E-state index contributed by atoms with van der Waals surface area (Å²) in [5.74, 6) is -0.517. The fourth-order valence-corrected chi connectivity index (χ4v) is 3.01. The molecular weight excluding hydrogens is 368 g/mol.